The lowest BCUT2D eigenvalue weighted by molar-refractivity contribution is -0.155. The Morgan fingerprint density at radius 3 is 2.67 bits per heavy atom. The number of aryl methyl sites for hydroxylation is 1. The number of fused-ring (bicyclic) bond motifs is 5. The zero-order valence-corrected chi connectivity index (χ0v) is 26.6. The average Bonchev–Trinajstić information content (AvgIpc) is 3.64. The first kappa shape index (κ1) is 32.0. The highest BCUT2D eigenvalue weighted by atomic mass is 35.5. The van der Waals surface area contributed by atoms with Crippen LogP contribution in [0.5, 0.6) is 0 Å². The van der Waals surface area contributed by atoms with Crippen molar-refractivity contribution in [2.24, 2.45) is 11.8 Å². The van der Waals surface area contributed by atoms with Gasteiger partial charge < -0.3 is 29.7 Å². The predicted molar refractivity (Wildman–Crippen MR) is 163 cm³/mol. The average molecular weight is 602 g/mol. The summed E-state index contributed by atoms with van der Waals surface area (Å²) in [5.74, 6) is -0.876. The van der Waals surface area contributed by atoms with E-state index in [0.29, 0.717) is 23.6 Å². The van der Waals surface area contributed by atoms with E-state index in [9.17, 15) is 14.4 Å². The zero-order chi connectivity index (χ0) is 30.9. The topological polar surface area (TPSA) is 110 Å². The number of benzene rings is 1. The molecule has 2 N–H and O–H groups in total. The highest BCUT2D eigenvalue weighted by Gasteiger charge is 2.63. The Morgan fingerprint density at radius 2 is 1.98 bits per heavy atom. The maximum atomic E-state index is 13.8. The molecule has 8 atom stereocenters. The van der Waals surface area contributed by atoms with Crippen LogP contribution in [0.15, 0.2) is 35.9 Å². The summed E-state index contributed by atoms with van der Waals surface area (Å²) < 4.78 is 17.9. The van der Waals surface area contributed by atoms with Crippen LogP contribution in [0.1, 0.15) is 58.6 Å². The fourth-order valence-electron chi connectivity index (χ4n) is 5.90. The van der Waals surface area contributed by atoms with Crippen molar-refractivity contribution in [2.45, 2.75) is 96.8 Å². The van der Waals surface area contributed by atoms with Crippen LogP contribution in [0.2, 0.25) is 5.02 Å². The number of rotatable bonds is 3. The Kier molecular flexibility index (Phi) is 9.75. The van der Waals surface area contributed by atoms with Gasteiger partial charge in [-0.2, -0.15) is 0 Å². The number of nitrogens with one attached hydrogen (secondary N) is 2. The summed E-state index contributed by atoms with van der Waals surface area (Å²) in [6.45, 7) is 11.6. The standard InChI is InChI=1S/C32H44ClN3O6/c1-17-10-9-11-18(2)23-15-25(40-31(39)35-23)20(4)29-32(6,42-29)26(41-30(38)21(5)34-7)16-27(37)36(8)24-14-22(12-17)13-19(3)28(24)33/h9-11,13-14,18,20-21,23,25-26,29,34H,12,15-16H2,1-8H3,(H,35,39)/b11-9+,17-10+. The first-order chi connectivity index (χ1) is 19.7. The van der Waals surface area contributed by atoms with E-state index in [-0.39, 0.29) is 36.3 Å². The van der Waals surface area contributed by atoms with Crippen LogP contribution in [0.3, 0.4) is 0 Å². The summed E-state index contributed by atoms with van der Waals surface area (Å²) in [5.41, 5.74) is 2.68. The van der Waals surface area contributed by atoms with E-state index in [4.69, 9.17) is 25.8 Å². The first-order valence-corrected chi connectivity index (χ1v) is 15.0. The molecule has 0 aromatic heterocycles. The fraction of sp³-hybridized carbons (Fsp3) is 0.594. The number of esters is 1. The molecule has 230 valence electrons. The minimum atomic E-state index is -0.942. The van der Waals surface area contributed by atoms with Crippen LogP contribution < -0.4 is 15.5 Å². The molecule has 1 aromatic carbocycles. The van der Waals surface area contributed by atoms with Gasteiger partial charge in [0.2, 0.25) is 5.91 Å². The molecule has 3 heterocycles. The van der Waals surface area contributed by atoms with Crippen LogP contribution in [0, 0.1) is 18.8 Å². The Hall–Kier alpha value is -2.88. The van der Waals surface area contributed by atoms with E-state index >= 15 is 0 Å². The molecule has 0 radical (unpaired) electrons. The van der Waals surface area contributed by atoms with E-state index in [0.717, 1.165) is 16.7 Å². The molecule has 8 unspecified atom stereocenters. The van der Waals surface area contributed by atoms with Gasteiger partial charge in [-0.05, 0) is 64.3 Å². The molecule has 3 aliphatic rings. The van der Waals surface area contributed by atoms with Crippen molar-refractivity contribution >= 4 is 35.3 Å². The normalized spacial score (nSPS) is 34.7. The molecule has 0 saturated carbocycles. The lowest BCUT2D eigenvalue weighted by Crippen LogP contribution is -2.51. The molecule has 2 amide bonds. The van der Waals surface area contributed by atoms with Gasteiger partial charge in [-0.1, -0.05) is 55.3 Å². The van der Waals surface area contributed by atoms with Crippen LogP contribution in [0.25, 0.3) is 0 Å². The highest BCUT2D eigenvalue weighted by molar-refractivity contribution is 6.34. The van der Waals surface area contributed by atoms with Crippen molar-refractivity contribution < 1.29 is 28.6 Å². The van der Waals surface area contributed by atoms with Crippen LogP contribution >= 0.6 is 11.6 Å². The number of carbonyl (C=O) groups is 3. The number of anilines is 1. The van der Waals surface area contributed by atoms with Crippen molar-refractivity contribution in [1.29, 1.82) is 0 Å². The van der Waals surface area contributed by atoms with Gasteiger partial charge in [0.1, 0.15) is 23.9 Å². The van der Waals surface area contributed by atoms with E-state index in [1.165, 1.54) is 4.90 Å². The Balaban J connectivity index is 1.74. The molecule has 42 heavy (non-hydrogen) atoms. The van der Waals surface area contributed by atoms with Crippen molar-refractivity contribution in [2.75, 3.05) is 19.0 Å². The summed E-state index contributed by atoms with van der Waals surface area (Å²) in [6.07, 6.45) is 5.24. The number of hydrogen-bond acceptors (Lipinski definition) is 7. The van der Waals surface area contributed by atoms with E-state index in [1.807, 2.05) is 39.0 Å². The van der Waals surface area contributed by atoms with Crippen LogP contribution in [-0.4, -0.2) is 68.1 Å². The van der Waals surface area contributed by atoms with Gasteiger partial charge in [-0.15, -0.1) is 0 Å². The monoisotopic (exact) mass is 601 g/mol. The largest absolute Gasteiger partial charge is 0.457 e. The molecule has 3 aliphatic heterocycles. The van der Waals surface area contributed by atoms with Gasteiger partial charge in [0, 0.05) is 25.4 Å². The quantitative estimate of drug-likeness (QED) is 0.375. The molecule has 4 rings (SSSR count). The van der Waals surface area contributed by atoms with E-state index in [2.05, 4.69) is 36.6 Å². The second-order valence-corrected chi connectivity index (χ2v) is 12.7. The second kappa shape index (κ2) is 12.8. The van der Waals surface area contributed by atoms with Gasteiger partial charge in [-0.25, -0.2) is 4.79 Å². The number of allylic oxidation sites excluding steroid dienone is 3. The number of likely N-dealkylation sites (N-methyl/N-ethyl adjacent to an activating group) is 1. The number of ether oxygens (including phenoxy) is 3. The molecule has 4 bridgehead atoms. The first-order valence-electron chi connectivity index (χ1n) is 14.7. The van der Waals surface area contributed by atoms with Crippen LogP contribution in [0.4, 0.5) is 10.5 Å². The van der Waals surface area contributed by atoms with Crippen molar-refractivity contribution in [3.05, 3.63) is 52.1 Å². The third kappa shape index (κ3) is 6.84. The minimum absolute atomic E-state index is 0.0672. The zero-order valence-electron chi connectivity index (χ0n) is 25.8. The molecule has 0 aliphatic carbocycles. The van der Waals surface area contributed by atoms with Gasteiger partial charge in [0.15, 0.2) is 0 Å². The SMILES string of the molecule is CNC(C)C(=O)OC1CC(=O)N(C)c2cc(cc(C)c2Cl)C/C(C)=C/C=C/C(C)C2CC(OC(=O)N2)C(C)C2OC12C. The second-order valence-electron chi connectivity index (χ2n) is 12.3. The number of hydrogen-bond donors (Lipinski definition) is 2. The minimum Gasteiger partial charge on any atom is -0.457 e. The molecule has 2 fully saturated rings. The molecule has 0 spiro atoms. The third-order valence-corrected chi connectivity index (χ3v) is 9.48. The van der Waals surface area contributed by atoms with Gasteiger partial charge in [-0.3, -0.25) is 9.59 Å². The Labute approximate surface area is 254 Å². The number of halogens is 1. The molecular formula is C32H44ClN3O6. The molecule has 9 nitrogen and oxygen atoms in total. The predicted octanol–water partition coefficient (Wildman–Crippen LogP) is 4.88. The Morgan fingerprint density at radius 1 is 1.26 bits per heavy atom. The highest BCUT2D eigenvalue weighted by Crippen LogP contribution is 2.48. The van der Waals surface area contributed by atoms with E-state index in [1.54, 1.807) is 21.0 Å². The lowest BCUT2D eigenvalue weighted by Gasteiger charge is -2.35. The van der Waals surface area contributed by atoms with Crippen LogP contribution in [-0.2, 0) is 30.2 Å². The Bertz CT molecular complexity index is 1280. The third-order valence-electron chi connectivity index (χ3n) is 8.99. The number of amides is 2. The molecule has 2 saturated heterocycles. The molecule has 10 heteroatoms. The van der Waals surface area contributed by atoms with Gasteiger partial charge >= 0.3 is 12.1 Å². The summed E-state index contributed by atoms with van der Waals surface area (Å²) >= 11 is 6.71. The fourth-order valence-corrected chi connectivity index (χ4v) is 6.14. The maximum Gasteiger partial charge on any atom is 0.407 e. The number of epoxide rings is 1. The number of alkyl carbamates (subject to hydrolysis) is 1. The van der Waals surface area contributed by atoms with E-state index < -0.39 is 35.9 Å². The number of carbonyl (C=O) groups excluding carboxylic acids is 3. The van der Waals surface area contributed by atoms with Gasteiger partial charge in [0.25, 0.3) is 0 Å². The smallest absolute Gasteiger partial charge is 0.407 e. The number of nitrogens with zero attached hydrogens (tertiary/aromatic N) is 1. The molecule has 1 aromatic rings. The van der Waals surface area contributed by atoms with Crippen molar-refractivity contribution in [3.63, 3.8) is 0 Å². The summed E-state index contributed by atoms with van der Waals surface area (Å²) in [7, 11) is 3.35. The van der Waals surface area contributed by atoms with Crippen molar-refractivity contribution in [1.82, 2.24) is 10.6 Å². The van der Waals surface area contributed by atoms with Gasteiger partial charge in [0.05, 0.1) is 23.2 Å². The summed E-state index contributed by atoms with van der Waals surface area (Å²) in [5, 5.41) is 6.35. The summed E-state index contributed by atoms with van der Waals surface area (Å²) in [4.78, 5) is 40.8. The maximum absolute atomic E-state index is 13.8. The lowest BCUT2D eigenvalue weighted by atomic mass is 9.83. The molecular weight excluding hydrogens is 558 g/mol. The van der Waals surface area contributed by atoms with Crippen molar-refractivity contribution in [3.8, 4) is 0 Å². The summed E-state index contributed by atoms with van der Waals surface area (Å²) in [6, 6.07) is 3.28.